The molecule has 0 radical (unpaired) electrons. The van der Waals surface area contributed by atoms with Crippen molar-refractivity contribution in [3.05, 3.63) is 0 Å². The molecule has 2 amide bonds. The molecular weight excluding hydrogens is 700 g/mol. The Hall–Kier alpha value is -1.82. The van der Waals surface area contributed by atoms with Crippen molar-refractivity contribution in [2.45, 2.75) is 137 Å². The van der Waals surface area contributed by atoms with Gasteiger partial charge in [-0.15, -0.1) is 0 Å². The van der Waals surface area contributed by atoms with E-state index < -0.39 is 161 Å². The molecule has 4 heterocycles. The fourth-order valence-electron chi connectivity index (χ4n) is 6.35. The largest absolute Gasteiger partial charge is 0.394 e. The fraction of sp³-hybridized carbons (Fsp3) is 0.929. The lowest BCUT2D eigenvalue weighted by Gasteiger charge is -2.50. The summed E-state index contributed by atoms with van der Waals surface area (Å²) in [6, 6.07) is -3.12. The second-order valence-corrected chi connectivity index (χ2v) is 12.6. The van der Waals surface area contributed by atoms with Gasteiger partial charge in [-0.1, -0.05) is 0 Å². The smallest absolute Gasteiger partial charge is 0.217 e. The lowest BCUT2D eigenvalue weighted by molar-refractivity contribution is -0.377. The highest BCUT2D eigenvalue weighted by Crippen LogP contribution is 2.34. The van der Waals surface area contributed by atoms with Crippen LogP contribution in [0.25, 0.3) is 0 Å². The zero-order chi connectivity index (χ0) is 37.9. The second kappa shape index (κ2) is 18.0. The molecule has 14 N–H and O–H groups in total. The van der Waals surface area contributed by atoms with Crippen molar-refractivity contribution in [2.75, 3.05) is 26.4 Å². The molecule has 0 aromatic carbocycles. The summed E-state index contributed by atoms with van der Waals surface area (Å²) in [6.07, 6.45) is -31.7. The molecule has 1 unspecified atom stereocenters. The van der Waals surface area contributed by atoms with Gasteiger partial charge in [0.05, 0.1) is 26.4 Å². The average molecular weight is 749 g/mol. The second-order valence-electron chi connectivity index (χ2n) is 12.6. The minimum Gasteiger partial charge on any atom is -0.394 e. The van der Waals surface area contributed by atoms with Crippen molar-refractivity contribution in [2.24, 2.45) is 0 Å². The molecule has 0 bridgehead atoms. The number of carbonyl (C=O) groups excluding carboxylic acids is 2. The summed E-state index contributed by atoms with van der Waals surface area (Å²) >= 11 is 0. The summed E-state index contributed by atoms with van der Waals surface area (Å²) in [4.78, 5) is 24.4. The molecule has 296 valence electrons. The highest BCUT2D eigenvalue weighted by Gasteiger charge is 2.56. The maximum atomic E-state index is 12.4. The van der Waals surface area contributed by atoms with Gasteiger partial charge in [-0.3, -0.25) is 9.59 Å². The quantitative estimate of drug-likeness (QED) is 0.0881. The van der Waals surface area contributed by atoms with Gasteiger partial charge < -0.3 is 105 Å². The van der Waals surface area contributed by atoms with Crippen LogP contribution in [-0.2, 0) is 42.7 Å². The SMILES string of the molecule is CC(=O)N[C@H]1[C@@H](O[C@H]2[C@@H](O)[C@@H](CO)O[C@@H](O[C@H]3[C@@H](O)[C@@H](CO)O[C@@H](O[C@H]4[C@H](O)[C@@H](O)C(O)O[C@@H]4CO)[C@@H]3O)[C@@H]2NC(C)=O)O[C@H](CO)[C@H](O)[C@@H]1O. The number of amides is 2. The lowest BCUT2D eigenvalue weighted by atomic mass is 9.93. The first-order valence-electron chi connectivity index (χ1n) is 16.1. The summed E-state index contributed by atoms with van der Waals surface area (Å²) in [5.41, 5.74) is 0. The van der Waals surface area contributed by atoms with E-state index in [0.29, 0.717) is 0 Å². The fourth-order valence-corrected chi connectivity index (χ4v) is 6.35. The van der Waals surface area contributed by atoms with Gasteiger partial charge in [0, 0.05) is 13.8 Å². The molecule has 0 spiro atoms. The Balaban J connectivity index is 1.64. The van der Waals surface area contributed by atoms with E-state index >= 15 is 0 Å². The first-order valence-corrected chi connectivity index (χ1v) is 16.1. The Morgan fingerprint density at radius 1 is 0.471 bits per heavy atom. The average Bonchev–Trinajstić information content (AvgIpc) is 3.09. The molecule has 4 rings (SSSR count). The van der Waals surface area contributed by atoms with Crippen molar-refractivity contribution in [3.8, 4) is 0 Å². The van der Waals surface area contributed by atoms with Gasteiger partial charge in [-0.25, -0.2) is 0 Å². The molecule has 23 nitrogen and oxygen atoms in total. The maximum absolute atomic E-state index is 12.4. The van der Waals surface area contributed by atoms with E-state index in [1.54, 1.807) is 0 Å². The van der Waals surface area contributed by atoms with Gasteiger partial charge in [0.15, 0.2) is 25.2 Å². The van der Waals surface area contributed by atoms with Crippen LogP contribution >= 0.6 is 0 Å². The van der Waals surface area contributed by atoms with Crippen LogP contribution in [-0.4, -0.2) is 222 Å². The molecule has 0 aromatic heterocycles. The van der Waals surface area contributed by atoms with E-state index in [-0.39, 0.29) is 0 Å². The number of hydrogen-bond donors (Lipinski definition) is 14. The molecule has 4 fully saturated rings. The number of rotatable bonds is 12. The summed E-state index contributed by atoms with van der Waals surface area (Å²) in [5.74, 6) is -1.47. The van der Waals surface area contributed by atoms with Crippen LogP contribution in [0.1, 0.15) is 13.8 Å². The van der Waals surface area contributed by atoms with Crippen LogP contribution in [0.4, 0.5) is 0 Å². The van der Waals surface area contributed by atoms with Gasteiger partial charge in [0.2, 0.25) is 11.8 Å². The van der Waals surface area contributed by atoms with Crippen LogP contribution in [0.15, 0.2) is 0 Å². The molecule has 4 aliphatic rings. The third-order valence-corrected chi connectivity index (χ3v) is 9.01. The topological polar surface area (TPSA) is 366 Å². The molecule has 4 saturated heterocycles. The zero-order valence-electron chi connectivity index (χ0n) is 27.4. The molecule has 23 heteroatoms. The van der Waals surface area contributed by atoms with Crippen molar-refractivity contribution in [3.63, 3.8) is 0 Å². The Labute approximate surface area is 289 Å². The molecule has 0 aromatic rings. The van der Waals surface area contributed by atoms with E-state index in [9.17, 15) is 70.9 Å². The predicted octanol–water partition coefficient (Wildman–Crippen LogP) is -9.46. The predicted molar refractivity (Wildman–Crippen MR) is 157 cm³/mol. The summed E-state index contributed by atoms with van der Waals surface area (Å²) in [7, 11) is 0. The van der Waals surface area contributed by atoms with Crippen LogP contribution in [0.2, 0.25) is 0 Å². The highest BCUT2D eigenvalue weighted by molar-refractivity contribution is 5.73. The Bertz CT molecular complexity index is 1140. The number of nitrogens with one attached hydrogen (secondary N) is 2. The van der Waals surface area contributed by atoms with E-state index in [1.807, 2.05) is 0 Å². The first kappa shape index (κ1) is 41.9. The van der Waals surface area contributed by atoms with Gasteiger partial charge in [-0.05, 0) is 0 Å². The van der Waals surface area contributed by atoms with Crippen molar-refractivity contribution in [1.29, 1.82) is 0 Å². The van der Waals surface area contributed by atoms with Crippen LogP contribution in [0.3, 0.4) is 0 Å². The van der Waals surface area contributed by atoms with E-state index in [0.717, 1.165) is 13.8 Å². The summed E-state index contributed by atoms with van der Waals surface area (Å²) in [5, 5.41) is 129. The number of aliphatic hydroxyl groups excluding tert-OH is 12. The Morgan fingerprint density at radius 2 is 0.902 bits per heavy atom. The van der Waals surface area contributed by atoms with E-state index in [1.165, 1.54) is 0 Å². The number of hydrogen-bond acceptors (Lipinski definition) is 21. The Kier molecular flexibility index (Phi) is 14.8. The van der Waals surface area contributed by atoms with Gasteiger partial charge >= 0.3 is 0 Å². The molecule has 4 aliphatic heterocycles. The van der Waals surface area contributed by atoms with Crippen LogP contribution in [0, 0.1) is 0 Å². The van der Waals surface area contributed by atoms with E-state index in [4.69, 9.17) is 33.2 Å². The normalized spacial score (nSPS) is 47.8. The zero-order valence-corrected chi connectivity index (χ0v) is 27.4. The molecular formula is C28H48N2O21. The van der Waals surface area contributed by atoms with Crippen molar-refractivity contribution >= 4 is 11.8 Å². The number of aliphatic hydroxyl groups is 12. The van der Waals surface area contributed by atoms with Crippen LogP contribution in [0.5, 0.6) is 0 Å². The van der Waals surface area contributed by atoms with Crippen LogP contribution < -0.4 is 10.6 Å². The van der Waals surface area contributed by atoms with Crippen molar-refractivity contribution in [1.82, 2.24) is 10.6 Å². The maximum Gasteiger partial charge on any atom is 0.217 e. The highest BCUT2D eigenvalue weighted by atomic mass is 16.8. The molecule has 51 heavy (non-hydrogen) atoms. The lowest BCUT2D eigenvalue weighted by Crippen LogP contribution is -2.71. The van der Waals surface area contributed by atoms with Gasteiger partial charge in [-0.2, -0.15) is 0 Å². The third kappa shape index (κ3) is 9.11. The summed E-state index contributed by atoms with van der Waals surface area (Å²) < 4.78 is 39.3. The van der Waals surface area contributed by atoms with Gasteiger partial charge in [0.1, 0.15) is 97.5 Å². The number of ether oxygens (including phenoxy) is 7. The van der Waals surface area contributed by atoms with Crippen molar-refractivity contribution < 1.29 is 104 Å². The van der Waals surface area contributed by atoms with Gasteiger partial charge in [0.25, 0.3) is 0 Å². The molecule has 0 saturated carbocycles. The third-order valence-electron chi connectivity index (χ3n) is 9.01. The summed E-state index contributed by atoms with van der Waals surface area (Å²) in [6.45, 7) is -1.34. The monoisotopic (exact) mass is 748 g/mol. The van der Waals surface area contributed by atoms with E-state index in [2.05, 4.69) is 10.6 Å². The standard InChI is InChI=1S/C28H48N2O21/c1-7(35)29-13-18(40)15(37)9(3-31)46-26(13)50-23-14(30-8(2)36)27(47-10(4-32)16(23)38)51-24-17(39)11(5-33)48-28(21(24)43)49-22-12(6-34)45-25(44)20(42)19(22)41/h9-28,31-34,37-44H,3-6H2,1-2H3,(H,29,35)(H,30,36)/t9-,10-,11-,12-,13-,14-,15+,16+,17+,18-,19-,20-,21-,22-,23-,24+,25?,26-,27+,28+/m1/s1. The molecule has 20 atom stereocenters. The molecule has 0 aliphatic carbocycles. The minimum atomic E-state index is -2.05. The number of carbonyl (C=O) groups is 2. The minimum absolute atomic E-state index is 0.702. The Morgan fingerprint density at radius 3 is 1.43 bits per heavy atom. The first-order chi connectivity index (χ1) is 24.1.